The van der Waals surface area contributed by atoms with Crippen LogP contribution < -0.4 is 4.90 Å². The summed E-state index contributed by atoms with van der Waals surface area (Å²) in [6.07, 6.45) is 1.51. The van der Waals surface area contributed by atoms with Crippen molar-refractivity contribution in [2.24, 2.45) is 0 Å². The number of furan rings is 1. The highest BCUT2D eigenvalue weighted by molar-refractivity contribution is 7.12. The normalized spacial score (nSPS) is 17.6. The fourth-order valence-corrected chi connectivity index (χ4v) is 3.96. The quantitative estimate of drug-likeness (QED) is 0.691. The van der Waals surface area contributed by atoms with E-state index >= 15 is 0 Å². The number of Topliss-reactive ketones (excluding diaryl/α,β-unsaturated/α-hetero) is 1. The van der Waals surface area contributed by atoms with Crippen molar-refractivity contribution < 1.29 is 24.0 Å². The Labute approximate surface area is 156 Å². The maximum Gasteiger partial charge on any atom is 0.290 e. The molecule has 0 radical (unpaired) electrons. The number of nitrogens with one attached hydrogen (secondary N) is 1. The van der Waals surface area contributed by atoms with E-state index in [4.69, 9.17) is 4.42 Å². The highest BCUT2D eigenvalue weighted by Crippen LogP contribution is 2.39. The molecule has 2 aromatic heterocycles. The predicted octanol–water partition coefficient (Wildman–Crippen LogP) is 1.84. The molecule has 1 atom stereocenters. The molecule has 0 fully saturated rings. The van der Waals surface area contributed by atoms with Crippen LogP contribution in [0.15, 0.2) is 51.7 Å². The lowest BCUT2D eigenvalue weighted by Gasteiger charge is -2.26. The van der Waals surface area contributed by atoms with Gasteiger partial charge in [-0.3, -0.25) is 9.59 Å². The minimum absolute atomic E-state index is 0.0990. The number of likely N-dealkylation sites (N-methyl/N-ethyl adjacent to an activating group) is 1. The summed E-state index contributed by atoms with van der Waals surface area (Å²) in [6.45, 7) is 7.26. The summed E-state index contributed by atoms with van der Waals surface area (Å²) in [5.74, 6) is -0.834. The van der Waals surface area contributed by atoms with E-state index in [1.807, 2.05) is 0 Å². The zero-order chi connectivity index (χ0) is 18.7. The average Bonchev–Trinajstić information content (AvgIpc) is 3.39. The number of rotatable bonds is 8. The lowest BCUT2D eigenvalue weighted by molar-refractivity contribution is -0.895. The molecular weight excluding hydrogens is 352 g/mol. The largest absolute Gasteiger partial charge is 0.503 e. The van der Waals surface area contributed by atoms with Gasteiger partial charge < -0.3 is 19.3 Å². The number of amides is 1. The summed E-state index contributed by atoms with van der Waals surface area (Å²) in [7, 11) is 0. The number of hydrogen-bond acceptors (Lipinski definition) is 5. The summed E-state index contributed by atoms with van der Waals surface area (Å²) in [5.41, 5.74) is 0.0990. The molecule has 0 saturated heterocycles. The molecule has 0 bridgehead atoms. The van der Waals surface area contributed by atoms with Gasteiger partial charge in [-0.15, -0.1) is 11.3 Å². The van der Waals surface area contributed by atoms with E-state index in [9.17, 15) is 14.7 Å². The molecule has 138 valence electrons. The van der Waals surface area contributed by atoms with E-state index in [1.165, 1.54) is 22.5 Å². The van der Waals surface area contributed by atoms with Gasteiger partial charge in [0.1, 0.15) is 11.8 Å². The van der Waals surface area contributed by atoms with Crippen LogP contribution in [-0.4, -0.2) is 47.9 Å². The van der Waals surface area contributed by atoms with Gasteiger partial charge >= 0.3 is 0 Å². The number of aliphatic hydroxyl groups is 1. The molecule has 1 aliphatic heterocycles. The van der Waals surface area contributed by atoms with E-state index in [1.54, 1.807) is 34.5 Å². The van der Waals surface area contributed by atoms with Crippen molar-refractivity contribution in [1.82, 2.24) is 4.90 Å². The standard InChI is InChI=1S/C19H22N2O4S/c1-3-20(4-2)9-10-21-16(13-7-5-11-25-13)15(18(23)19(21)24)17(22)14-8-6-12-26-14/h5-8,11-12,16,23H,3-4,9-10H2,1-2H3/p+1/t16-/m1/s1. The van der Waals surface area contributed by atoms with Gasteiger partial charge in [-0.25, -0.2) is 0 Å². The van der Waals surface area contributed by atoms with Crippen LogP contribution in [0.25, 0.3) is 0 Å². The maximum atomic E-state index is 12.9. The number of ketones is 1. The summed E-state index contributed by atoms with van der Waals surface area (Å²) >= 11 is 1.29. The van der Waals surface area contributed by atoms with Crippen LogP contribution in [0.5, 0.6) is 0 Å². The SMILES string of the molecule is CC[NH+](CC)CCN1C(=O)C(O)=C(C(=O)c2cccs2)[C@H]1c1ccco1. The van der Waals surface area contributed by atoms with Crippen LogP contribution in [0.1, 0.15) is 35.3 Å². The first-order chi connectivity index (χ1) is 12.6. The Bertz CT molecular complexity index is 792. The van der Waals surface area contributed by atoms with Gasteiger partial charge in [0.15, 0.2) is 5.76 Å². The number of thiophene rings is 1. The van der Waals surface area contributed by atoms with Crippen molar-refractivity contribution in [3.05, 3.63) is 57.9 Å². The van der Waals surface area contributed by atoms with Gasteiger partial charge in [0.25, 0.3) is 5.91 Å². The molecular formula is C19H23N2O4S+. The van der Waals surface area contributed by atoms with Crippen LogP contribution in [0.2, 0.25) is 0 Å². The van der Waals surface area contributed by atoms with Crippen molar-refractivity contribution >= 4 is 23.0 Å². The highest BCUT2D eigenvalue weighted by atomic mass is 32.1. The summed E-state index contributed by atoms with van der Waals surface area (Å²) in [4.78, 5) is 29.0. The molecule has 0 aromatic carbocycles. The number of hydrogen-bond donors (Lipinski definition) is 2. The second-order valence-corrected chi connectivity index (χ2v) is 7.14. The Hall–Kier alpha value is -2.38. The Morgan fingerprint density at radius 1 is 1.31 bits per heavy atom. The number of carbonyl (C=O) groups is 2. The fourth-order valence-electron chi connectivity index (χ4n) is 3.28. The van der Waals surface area contributed by atoms with Crippen LogP contribution >= 0.6 is 11.3 Å². The molecule has 0 spiro atoms. The Morgan fingerprint density at radius 2 is 2.08 bits per heavy atom. The van der Waals surface area contributed by atoms with Crippen LogP contribution in [0.4, 0.5) is 0 Å². The van der Waals surface area contributed by atoms with Gasteiger partial charge in [0.2, 0.25) is 5.78 Å². The molecule has 3 heterocycles. The third kappa shape index (κ3) is 3.32. The van der Waals surface area contributed by atoms with Gasteiger partial charge in [-0.2, -0.15) is 0 Å². The third-order valence-corrected chi connectivity index (χ3v) is 5.68. The third-order valence-electron chi connectivity index (χ3n) is 4.81. The van der Waals surface area contributed by atoms with Crippen LogP contribution in [-0.2, 0) is 4.79 Å². The molecule has 2 aromatic rings. The minimum atomic E-state index is -0.693. The zero-order valence-electron chi connectivity index (χ0n) is 14.9. The molecule has 0 unspecified atom stereocenters. The molecule has 0 saturated carbocycles. The van der Waals surface area contributed by atoms with Gasteiger partial charge in [0.05, 0.1) is 42.9 Å². The molecule has 6 nitrogen and oxygen atoms in total. The van der Waals surface area contributed by atoms with Crippen molar-refractivity contribution in [2.75, 3.05) is 26.2 Å². The lowest BCUT2D eigenvalue weighted by Crippen LogP contribution is -3.12. The predicted molar refractivity (Wildman–Crippen MR) is 98.4 cm³/mol. The molecule has 26 heavy (non-hydrogen) atoms. The molecule has 0 aliphatic carbocycles. The summed E-state index contributed by atoms with van der Waals surface area (Å²) < 4.78 is 5.51. The summed E-state index contributed by atoms with van der Waals surface area (Å²) in [5, 5.41) is 12.3. The van der Waals surface area contributed by atoms with Crippen molar-refractivity contribution in [3.8, 4) is 0 Å². The van der Waals surface area contributed by atoms with E-state index in [0.29, 0.717) is 17.2 Å². The first-order valence-corrected chi connectivity index (χ1v) is 9.65. The Kier molecular flexibility index (Phi) is 5.58. The first kappa shape index (κ1) is 18.4. The number of quaternary nitrogens is 1. The first-order valence-electron chi connectivity index (χ1n) is 8.77. The van der Waals surface area contributed by atoms with E-state index < -0.39 is 17.7 Å². The van der Waals surface area contributed by atoms with E-state index in [0.717, 1.165) is 19.6 Å². The minimum Gasteiger partial charge on any atom is -0.503 e. The molecule has 7 heteroatoms. The van der Waals surface area contributed by atoms with Gasteiger partial charge in [-0.05, 0) is 37.4 Å². The fraction of sp³-hybridized carbons (Fsp3) is 0.368. The van der Waals surface area contributed by atoms with Crippen LogP contribution in [0.3, 0.4) is 0 Å². The molecule has 1 aliphatic rings. The van der Waals surface area contributed by atoms with Crippen molar-refractivity contribution in [3.63, 3.8) is 0 Å². The number of nitrogens with zero attached hydrogens (tertiary/aromatic N) is 1. The van der Waals surface area contributed by atoms with Crippen molar-refractivity contribution in [1.29, 1.82) is 0 Å². The Balaban J connectivity index is 1.94. The van der Waals surface area contributed by atoms with Crippen molar-refractivity contribution in [2.45, 2.75) is 19.9 Å². The van der Waals surface area contributed by atoms with Gasteiger partial charge in [-0.1, -0.05) is 6.07 Å². The van der Waals surface area contributed by atoms with E-state index in [-0.39, 0.29) is 11.4 Å². The lowest BCUT2D eigenvalue weighted by atomic mass is 10.0. The molecule has 3 rings (SSSR count). The van der Waals surface area contributed by atoms with Gasteiger partial charge in [0, 0.05) is 0 Å². The monoisotopic (exact) mass is 375 g/mol. The summed E-state index contributed by atoms with van der Waals surface area (Å²) in [6, 6.07) is 6.23. The molecule has 1 amide bonds. The second kappa shape index (κ2) is 7.88. The average molecular weight is 375 g/mol. The highest BCUT2D eigenvalue weighted by Gasteiger charge is 2.45. The number of aliphatic hydroxyl groups excluding tert-OH is 1. The Morgan fingerprint density at radius 3 is 2.65 bits per heavy atom. The smallest absolute Gasteiger partial charge is 0.290 e. The zero-order valence-corrected chi connectivity index (χ0v) is 15.7. The number of carbonyl (C=O) groups excluding carboxylic acids is 2. The topological polar surface area (TPSA) is 75.2 Å². The maximum absolute atomic E-state index is 12.9. The molecule has 2 N–H and O–H groups in total. The second-order valence-electron chi connectivity index (χ2n) is 6.19. The van der Waals surface area contributed by atoms with Crippen LogP contribution in [0, 0.1) is 0 Å². The van der Waals surface area contributed by atoms with E-state index in [2.05, 4.69) is 13.8 Å².